The third kappa shape index (κ3) is 6.27. The Kier molecular flexibility index (Phi) is 6.18. The summed E-state index contributed by atoms with van der Waals surface area (Å²) >= 11 is 0. The average molecular weight is 300 g/mol. The molecular weight excluding hydrogens is 285 g/mol. The molecule has 0 radical (unpaired) electrons. The minimum absolute atomic E-state index is 0.0430. The second-order valence-electron chi connectivity index (χ2n) is 4.40. The smallest absolute Gasteiger partial charge is 0.369 e. The number of amides is 1. The molecule has 1 rings (SSSR count). The summed E-state index contributed by atoms with van der Waals surface area (Å²) < 4.78 is 41.1. The van der Waals surface area contributed by atoms with Crippen LogP contribution < -0.4 is 5.32 Å². The number of rotatable bonds is 6. The standard InChI is InChI=1S/C14H15F3N2O2/c1-10(14(15,16)17)21-7-3-6-13(20)19-12-5-2-4-11(8-12)9-18/h2,4-5,8,10H,3,6-7H2,1H3,(H,19,20). The summed E-state index contributed by atoms with van der Waals surface area (Å²) in [6.45, 7) is 0.778. The lowest BCUT2D eigenvalue weighted by atomic mass is 10.2. The lowest BCUT2D eigenvalue weighted by Crippen LogP contribution is -2.29. The van der Waals surface area contributed by atoms with Crippen molar-refractivity contribution in [1.29, 1.82) is 5.26 Å². The van der Waals surface area contributed by atoms with E-state index in [2.05, 4.69) is 10.1 Å². The fraction of sp³-hybridized carbons (Fsp3) is 0.429. The Bertz CT molecular complexity index is 524. The molecule has 0 aliphatic rings. The third-order valence-corrected chi connectivity index (χ3v) is 2.65. The maximum Gasteiger partial charge on any atom is 0.414 e. The number of carbonyl (C=O) groups excluding carboxylic acids is 1. The van der Waals surface area contributed by atoms with Crippen molar-refractivity contribution >= 4 is 11.6 Å². The number of ether oxygens (including phenoxy) is 1. The first-order valence-electron chi connectivity index (χ1n) is 6.31. The lowest BCUT2D eigenvalue weighted by molar-refractivity contribution is -0.214. The highest BCUT2D eigenvalue weighted by molar-refractivity contribution is 5.90. The zero-order valence-electron chi connectivity index (χ0n) is 11.4. The van der Waals surface area contributed by atoms with Gasteiger partial charge in [0, 0.05) is 18.7 Å². The number of alkyl halides is 3. The Morgan fingerprint density at radius 1 is 1.48 bits per heavy atom. The van der Waals surface area contributed by atoms with Crippen LogP contribution in [-0.2, 0) is 9.53 Å². The molecule has 0 saturated heterocycles. The van der Waals surface area contributed by atoms with Crippen LogP contribution >= 0.6 is 0 Å². The van der Waals surface area contributed by atoms with Crippen LogP contribution in [0.1, 0.15) is 25.3 Å². The van der Waals surface area contributed by atoms with Crippen LogP contribution in [0, 0.1) is 11.3 Å². The largest absolute Gasteiger partial charge is 0.414 e. The average Bonchev–Trinajstić information content (AvgIpc) is 2.42. The Hall–Kier alpha value is -2.07. The molecule has 0 spiro atoms. The zero-order chi connectivity index (χ0) is 15.9. The summed E-state index contributed by atoms with van der Waals surface area (Å²) in [5.41, 5.74) is 0.888. The zero-order valence-corrected chi connectivity index (χ0v) is 11.4. The molecular formula is C14H15F3N2O2. The molecule has 0 heterocycles. The second-order valence-corrected chi connectivity index (χ2v) is 4.40. The number of halogens is 3. The van der Waals surface area contributed by atoms with Crippen molar-refractivity contribution in [3.63, 3.8) is 0 Å². The molecule has 0 aliphatic heterocycles. The minimum atomic E-state index is -4.39. The van der Waals surface area contributed by atoms with E-state index < -0.39 is 12.3 Å². The van der Waals surface area contributed by atoms with Gasteiger partial charge >= 0.3 is 6.18 Å². The van der Waals surface area contributed by atoms with Gasteiger partial charge < -0.3 is 10.1 Å². The van der Waals surface area contributed by atoms with E-state index >= 15 is 0 Å². The number of nitriles is 1. The summed E-state index contributed by atoms with van der Waals surface area (Å²) in [6, 6.07) is 8.31. The Labute approximate surface area is 120 Å². The molecule has 7 heteroatoms. The molecule has 1 aromatic carbocycles. The van der Waals surface area contributed by atoms with E-state index in [0.717, 1.165) is 6.92 Å². The first-order chi connectivity index (χ1) is 9.82. The van der Waals surface area contributed by atoms with E-state index in [9.17, 15) is 18.0 Å². The molecule has 1 atom stereocenters. The fourth-order valence-electron chi connectivity index (χ4n) is 1.48. The van der Waals surface area contributed by atoms with Crippen molar-refractivity contribution in [1.82, 2.24) is 0 Å². The predicted octanol–water partition coefficient (Wildman–Crippen LogP) is 3.24. The molecule has 1 aromatic rings. The maximum absolute atomic E-state index is 12.2. The summed E-state index contributed by atoms with van der Waals surface area (Å²) in [4.78, 5) is 11.6. The maximum atomic E-state index is 12.2. The highest BCUT2D eigenvalue weighted by atomic mass is 19.4. The van der Waals surface area contributed by atoms with Gasteiger partial charge in [-0.1, -0.05) is 6.07 Å². The highest BCUT2D eigenvalue weighted by Crippen LogP contribution is 2.22. The topological polar surface area (TPSA) is 62.1 Å². The van der Waals surface area contributed by atoms with E-state index in [0.29, 0.717) is 11.3 Å². The van der Waals surface area contributed by atoms with Crippen LogP contribution in [0.5, 0.6) is 0 Å². The molecule has 1 unspecified atom stereocenters. The first kappa shape index (κ1) is 17.0. The van der Waals surface area contributed by atoms with Gasteiger partial charge in [-0.05, 0) is 31.5 Å². The summed E-state index contributed by atoms with van der Waals surface area (Å²) in [6.07, 6.45) is -6.00. The van der Waals surface area contributed by atoms with Crippen molar-refractivity contribution in [2.45, 2.75) is 32.0 Å². The van der Waals surface area contributed by atoms with Crippen LogP contribution in [0.2, 0.25) is 0 Å². The van der Waals surface area contributed by atoms with E-state index in [1.807, 2.05) is 6.07 Å². The molecule has 0 bridgehead atoms. The molecule has 114 valence electrons. The van der Waals surface area contributed by atoms with Crippen LogP contribution in [0.4, 0.5) is 18.9 Å². The highest BCUT2D eigenvalue weighted by Gasteiger charge is 2.36. The Morgan fingerprint density at radius 2 is 2.19 bits per heavy atom. The fourth-order valence-corrected chi connectivity index (χ4v) is 1.48. The molecule has 21 heavy (non-hydrogen) atoms. The summed E-state index contributed by atoms with van der Waals surface area (Å²) in [5, 5.41) is 11.3. The number of nitrogens with zero attached hydrogens (tertiary/aromatic N) is 1. The number of carbonyl (C=O) groups is 1. The molecule has 1 N–H and O–H groups in total. The number of hydrogen-bond acceptors (Lipinski definition) is 3. The predicted molar refractivity (Wildman–Crippen MR) is 70.5 cm³/mol. The van der Waals surface area contributed by atoms with Crippen LogP contribution in [0.25, 0.3) is 0 Å². The molecule has 4 nitrogen and oxygen atoms in total. The molecule has 0 aliphatic carbocycles. The van der Waals surface area contributed by atoms with Crippen molar-refractivity contribution in [2.75, 3.05) is 11.9 Å². The molecule has 1 amide bonds. The van der Waals surface area contributed by atoms with Crippen molar-refractivity contribution < 1.29 is 22.7 Å². The summed E-state index contributed by atoms with van der Waals surface area (Å²) in [7, 11) is 0. The van der Waals surface area contributed by atoms with Crippen LogP contribution in [0.3, 0.4) is 0 Å². The van der Waals surface area contributed by atoms with Gasteiger partial charge in [-0.15, -0.1) is 0 Å². The van der Waals surface area contributed by atoms with E-state index in [4.69, 9.17) is 5.26 Å². The van der Waals surface area contributed by atoms with Gasteiger partial charge in [-0.3, -0.25) is 4.79 Å². The third-order valence-electron chi connectivity index (χ3n) is 2.65. The monoisotopic (exact) mass is 300 g/mol. The molecule has 0 fully saturated rings. The quantitative estimate of drug-likeness (QED) is 0.820. The second kappa shape index (κ2) is 7.64. The van der Waals surface area contributed by atoms with Gasteiger partial charge in [0.1, 0.15) is 0 Å². The van der Waals surface area contributed by atoms with Crippen molar-refractivity contribution in [2.24, 2.45) is 0 Å². The molecule has 0 saturated carbocycles. The SMILES string of the molecule is CC(OCCCC(=O)Nc1cccc(C#N)c1)C(F)(F)F. The van der Waals surface area contributed by atoms with Crippen molar-refractivity contribution in [3.8, 4) is 6.07 Å². The van der Waals surface area contributed by atoms with Gasteiger partial charge in [-0.25, -0.2) is 0 Å². The normalized spacial score (nSPS) is 12.5. The van der Waals surface area contributed by atoms with E-state index in [1.54, 1.807) is 18.2 Å². The first-order valence-corrected chi connectivity index (χ1v) is 6.31. The lowest BCUT2D eigenvalue weighted by Gasteiger charge is -2.16. The molecule has 0 aromatic heterocycles. The van der Waals surface area contributed by atoms with Crippen molar-refractivity contribution in [3.05, 3.63) is 29.8 Å². The number of benzene rings is 1. The minimum Gasteiger partial charge on any atom is -0.369 e. The van der Waals surface area contributed by atoms with Gasteiger partial charge in [0.2, 0.25) is 5.91 Å². The van der Waals surface area contributed by atoms with Crippen LogP contribution in [0.15, 0.2) is 24.3 Å². The Morgan fingerprint density at radius 3 is 2.81 bits per heavy atom. The number of hydrogen-bond donors (Lipinski definition) is 1. The number of nitrogens with one attached hydrogen (secondary N) is 1. The van der Waals surface area contributed by atoms with Gasteiger partial charge in [-0.2, -0.15) is 18.4 Å². The van der Waals surface area contributed by atoms with Gasteiger partial charge in [0.25, 0.3) is 0 Å². The number of anilines is 1. The van der Waals surface area contributed by atoms with E-state index in [1.165, 1.54) is 6.07 Å². The van der Waals surface area contributed by atoms with Gasteiger partial charge in [0.15, 0.2) is 6.10 Å². The van der Waals surface area contributed by atoms with E-state index in [-0.39, 0.29) is 25.4 Å². The Balaban J connectivity index is 2.30. The summed E-state index contributed by atoms with van der Waals surface area (Å²) in [5.74, 6) is -0.339. The van der Waals surface area contributed by atoms with Gasteiger partial charge in [0.05, 0.1) is 11.6 Å². The van der Waals surface area contributed by atoms with Crippen LogP contribution in [-0.4, -0.2) is 24.8 Å².